The third kappa shape index (κ3) is 5.88. The van der Waals surface area contributed by atoms with Gasteiger partial charge in [-0.1, -0.05) is 30.3 Å². The molecule has 2 amide bonds. The number of ether oxygens (including phenoxy) is 1. The molecule has 3 aromatic rings. The summed E-state index contributed by atoms with van der Waals surface area (Å²) in [5.74, 6) is 1.37. The molecule has 0 radical (unpaired) electrons. The number of aryl methyl sites for hydroxylation is 1. The molecule has 41 heavy (non-hydrogen) atoms. The van der Waals surface area contributed by atoms with Gasteiger partial charge in [-0.2, -0.15) is 9.97 Å². The van der Waals surface area contributed by atoms with Crippen molar-refractivity contribution < 1.29 is 9.53 Å². The highest BCUT2D eigenvalue weighted by Crippen LogP contribution is 2.35. The number of carbonyl (C=O) groups excluding carboxylic acids is 1. The number of hydrogen-bond acceptors (Lipinski definition) is 7. The molecule has 0 saturated carbocycles. The molecule has 218 valence electrons. The first kappa shape index (κ1) is 27.8. The summed E-state index contributed by atoms with van der Waals surface area (Å²) in [5, 5.41) is 5.44. The molecular weight excluding hydrogens is 538 g/mol. The number of anilines is 2. The van der Waals surface area contributed by atoms with Gasteiger partial charge in [0.25, 0.3) is 0 Å². The number of halogens is 1. The van der Waals surface area contributed by atoms with E-state index < -0.39 is 0 Å². The van der Waals surface area contributed by atoms with E-state index in [1.807, 2.05) is 4.90 Å². The molecule has 0 aliphatic carbocycles. The molecule has 0 unspecified atom stereocenters. The minimum atomic E-state index is -0.0549. The minimum absolute atomic E-state index is 0.0549. The van der Waals surface area contributed by atoms with Crippen molar-refractivity contribution in [2.75, 3.05) is 75.1 Å². The SMILES string of the molecule is Cc1cccc2cccc(N3CCc4c(nc(OC[C@@H]5CCCN5C)nc4N4CCN(C(=O)NCCCl)CC4)C3)c12. The van der Waals surface area contributed by atoms with Gasteiger partial charge in [-0.15, -0.1) is 11.6 Å². The second kappa shape index (κ2) is 12.3. The van der Waals surface area contributed by atoms with E-state index >= 15 is 0 Å². The standard InChI is InChI=1S/C31H40ClN7O2/c1-22-6-3-7-23-8-4-10-27(28(22)23)39-15-11-25-26(20-39)34-30(41-21-24-9-5-14-36(24)2)35-29(25)37-16-18-38(19-17-37)31(40)33-13-12-32/h3-4,6-8,10,24H,5,9,11-21H2,1-2H3,(H,33,40)/t24-/m0/s1. The van der Waals surface area contributed by atoms with Crippen LogP contribution in [0.4, 0.5) is 16.3 Å². The summed E-state index contributed by atoms with van der Waals surface area (Å²) >= 11 is 5.76. The summed E-state index contributed by atoms with van der Waals surface area (Å²) in [6.45, 7) is 8.67. The van der Waals surface area contributed by atoms with Gasteiger partial charge >= 0.3 is 12.0 Å². The number of likely N-dealkylation sites (N-methyl/N-ethyl adjacent to an activating group) is 1. The molecule has 1 atom stereocenters. The van der Waals surface area contributed by atoms with Crippen LogP contribution >= 0.6 is 11.6 Å². The van der Waals surface area contributed by atoms with Gasteiger partial charge in [0.2, 0.25) is 0 Å². The van der Waals surface area contributed by atoms with Crippen LogP contribution in [0.2, 0.25) is 0 Å². The zero-order valence-corrected chi connectivity index (χ0v) is 24.9. The Hall–Kier alpha value is -3.30. The van der Waals surface area contributed by atoms with Crippen LogP contribution in [-0.2, 0) is 13.0 Å². The molecule has 6 rings (SSSR count). The Bertz CT molecular complexity index is 1390. The average Bonchev–Trinajstić information content (AvgIpc) is 3.42. The minimum Gasteiger partial charge on any atom is -0.462 e. The van der Waals surface area contributed by atoms with E-state index in [4.69, 9.17) is 26.3 Å². The van der Waals surface area contributed by atoms with Crippen molar-refractivity contribution >= 4 is 39.9 Å². The third-order valence-corrected chi connectivity index (χ3v) is 8.96. The number of nitrogens with one attached hydrogen (secondary N) is 1. The van der Waals surface area contributed by atoms with Crippen molar-refractivity contribution in [3.8, 4) is 6.01 Å². The number of urea groups is 1. The van der Waals surface area contributed by atoms with E-state index in [1.165, 1.54) is 34.0 Å². The van der Waals surface area contributed by atoms with Crippen molar-refractivity contribution in [1.82, 2.24) is 25.1 Å². The number of fused-ring (bicyclic) bond motifs is 2. The number of rotatable bonds is 7. The van der Waals surface area contributed by atoms with Crippen LogP contribution in [0.1, 0.15) is 29.7 Å². The van der Waals surface area contributed by atoms with Crippen LogP contribution < -0.4 is 19.9 Å². The first-order chi connectivity index (χ1) is 20.0. The van der Waals surface area contributed by atoms with Crippen molar-refractivity contribution in [2.24, 2.45) is 0 Å². The molecule has 1 N–H and O–H groups in total. The molecule has 2 saturated heterocycles. The third-order valence-electron chi connectivity index (χ3n) is 8.77. The fourth-order valence-corrected chi connectivity index (χ4v) is 6.53. The van der Waals surface area contributed by atoms with Crippen molar-refractivity contribution in [3.63, 3.8) is 0 Å². The Kier molecular flexibility index (Phi) is 8.35. The largest absolute Gasteiger partial charge is 0.462 e. The molecule has 3 aliphatic rings. The Balaban J connectivity index is 1.27. The first-order valence-electron chi connectivity index (χ1n) is 14.8. The van der Waals surface area contributed by atoms with Crippen molar-refractivity contribution in [1.29, 1.82) is 0 Å². The molecule has 2 fully saturated rings. The molecule has 0 bridgehead atoms. The molecule has 3 aliphatic heterocycles. The smallest absolute Gasteiger partial charge is 0.318 e. The number of nitrogens with zero attached hydrogens (tertiary/aromatic N) is 6. The molecule has 10 heteroatoms. The van der Waals surface area contributed by atoms with Gasteiger partial charge < -0.3 is 29.7 Å². The van der Waals surface area contributed by atoms with Gasteiger partial charge in [-0.05, 0) is 56.8 Å². The lowest BCUT2D eigenvalue weighted by Crippen LogP contribution is -2.52. The van der Waals surface area contributed by atoms with E-state index in [-0.39, 0.29) is 6.03 Å². The summed E-state index contributed by atoms with van der Waals surface area (Å²) in [4.78, 5) is 31.5. The normalized spacial score (nSPS) is 19.5. The van der Waals surface area contributed by atoms with E-state index in [2.05, 4.69) is 70.4 Å². The summed E-state index contributed by atoms with van der Waals surface area (Å²) in [6, 6.07) is 13.8. The van der Waals surface area contributed by atoms with E-state index in [9.17, 15) is 4.79 Å². The maximum atomic E-state index is 12.5. The fraction of sp³-hybridized carbons (Fsp3) is 0.516. The quantitative estimate of drug-likeness (QED) is 0.425. The number of carbonyl (C=O) groups is 1. The Morgan fingerprint density at radius 2 is 1.85 bits per heavy atom. The topological polar surface area (TPSA) is 77.1 Å². The van der Waals surface area contributed by atoms with Crippen LogP contribution in [0.15, 0.2) is 36.4 Å². The Labute approximate surface area is 247 Å². The number of aromatic nitrogens is 2. The lowest BCUT2D eigenvalue weighted by Gasteiger charge is -2.38. The van der Waals surface area contributed by atoms with E-state index in [0.717, 1.165) is 50.5 Å². The van der Waals surface area contributed by atoms with E-state index in [0.29, 0.717) is 50.7 Å². The van der Waals surface area contributed by atoms with E-state index in [1.54, 1.807) is 0 Å². The number of hydrogen-bond donors (Lipinski definition) is 1. The van der Waals surface area contributed by atoms with Crippen LogP contribution in [-0.4, -0.2) is 97.2 Å². The summed E-state index contributed by atoms with van der Waals surface area (Å²) in [5.41, 5.74) is 4.76. The van der Waals surface area contributed by atoms with Gasteiger partial charge in [0.15, 0.2) is 0 Å². The Morgan fingerprint density at radius 3 is 2.61 bits per heavy atom. The van der Waals surface area contributed by atoms with Crippen LogP contribution in [0.3, 0.4) is 0 Å². The summed E-state index contributed by atoms with van der Waals surface area (Å²) in [7, 11) is 2.16. The number of benzene rings is 2. The van der Waals surface area contributed by atoms with Gasteiger partial charge in [0.05, 0.1) is 12.2 Å². The molecule has 9 nitrogen and oxygen atoms in total. The molecule has 4 heterocycles. The average molecular weight is 578 g/mol. The van der Waals surface area contributed by atoms with Crippen LogP contribution in [0.25, 0.3) is 10.8 Å². The second-order valence-electron chi connectivity index (χ2n) is 11.4. The highest BCUT2D eigenvalue weighted by molar-refractivity contribution is 6.18. The van der Waals surface area contributed by atoms with Gasteiger partial charge in [-0.3, -0.25) is 0 Å². The number of alkyl halides is 1. The molecular formula is C31H40ClN7O2. The van der Waals surface area contributed by atoms with Crippen LogP contribution in [0, 0.1) is 6.92 Å². The van der Waals surface area contributed by atoms with Gasteiger partial charge in [0, 0.05) is 67.8 Å². The predicted octanol–water partition coefficient (Wildman–Crippen LogP) is 4.04. The molecule has 0 spiro atoms. The number of piperazine rings is 1. The maximum absolute atomic E-state index is 12.5. The van der Waals surface area contributed by atoms with Crippen molar-refractivity contribution in [2.45, 2.75) is 38.8 Å². The lowest BCUT2D eigenvalue weighted by molar-refractivity contribution is 0.186. The van der Waals surface area contributed by atoms with Crippen molar-refractivity contribution in [3.05, 3.63) is 53.2 Å². The summed E-state index contributed by atoms with van der Waals surface area (Å²) < 4.78 is 6.30. The second-order valence-corrected chi connectivity index (χ2v) is 11.7. The maximum Gasteiger partial charge on any atom is 0.318 e. The zero-order valence-electron chi connectivity index (χ0n) is 24.1. The monoisotopic (exact) mass is 577 g/mol. The van der Waals surface area contributed by atoms with Gasteiger partial charge in [-0.25, -0.2) is 4.79 Å². The highest BCUT2D eigenvalue weighted by Gasteiger charge is 2.30. The lowest BCUT2D eigenvalue weighted by atomic mass is 9.99. The number of likely N-dealkylation sites (tertiary alicyclic amines) is 1. The highest BCUT2D eigenvalue weighted by atomic mass is 35.5. The summed E-state index contributed by atoms with van der Waals surface area (Å²) in [6.07, 6.45) is 3.19. The first-order valence-corrected chi connectivity index (χ1v) is 15.3. The molecule has 1 aromatic heterocycles. The van der Waals surface area contributed by atoms with Crippen LogP contribution in [0.5, 0.6) is 6.01 Å². The molecule has 2 aromatic carbocycles. The predicted molar refractivity (Wildman–Crippen MR) is 165 cm³/mol. The Morgan fingerprint density at radius 1 is 1.05 bits per heavy atom. The van der Waals surface area contributed by atoms with Gasteiger partial charge in [0.1, 0.15) is 12.4 Å². The zero-order chi connectivity index (χ0) is 28.3. The number of amides is 2. The fourth-order valence-electron chi connectivity index (χ4n) is 6.44.